The predicted octanol–water partition coefficient (Wildman–Crippen LogP) is 5.03. The maximum Gasteiger partial charge on any atom is 0.101 e. The summed E-state index contributed by atoms with van der Waals surface area (Å²) in [6.45, 7) is 19.3. The van der Waals surface area contributed by atoms with Crippen molar-refractivity contribution >= 4 is 8.30 Å². The minimum atomic E-state index is -0.552. The Kier molecular flexibility index (Phi) is 21.5. The molecule has 4 heteroatoms. The van der Waals surface area contributed by atoms with E-state index in [2.05, 4.69) is 45.1 Å². The molecule has 3 nitrogen and oxygen atoms in total. The van der Waals surface area contributed by atoms with Crippen LogP contribution in [0.2, 0.25) is 0 Å². The fraction of sp³-hybridized carbons (Fsp3) is 0.929. The Bertz CT molecular complexity index is 183. The van der Waals surface area contributed by atoms with Crippen LogP contribution in [0.4, 0.5) is 0 Å². The summed E-state index contributed by atoms with van der Waals surface area (Å²) in [5.41, 5.74) is 0. The molecule has 0 spiro atoms. The third kappa shape index (κ3) is 12.3. The van der Waals surface area contributed by atoms with Crippen molar-refractivity contribution in [3.63, 3.8) is 0 Å². The average molecular weight is 276 g/mol. The molecule has 1 unspecified atom stereocenters. The highest BCUT2D eigenvalue weighted by atomic mass is 31.2. The molecule has 0 heterocycles. The van der Waals surface area contributed by atoms with E-state index in [0.717, 1.165) is 0 Å². The fourth-order valence-corrected chi connectivity index (χ4v) is 3.33. The molecular weight excluding hydrogens is 243 g/mol. The van der Waals surface area contributed by atoms with Gasteiger partial charge in [-0.25, -0.2) is 0 Å². The molecule has 0 aromatic heterocycles. The molecule has 0 radical (unpaired) electrons. The molecule has 0 rings (SSSR count). The zero-order valence-electron chi connectivity index (χ0n) is 13.8. The lowest BCUT2D eigenvalue weighted by atomic mass is 10.3. The number of nitriles is 1. The summed E-state index contributed by atoms with van der Waals surface area (Å²) in [5.74, 6) is 0. The number of rotatable bonds is 6. The lowest BCUT2D eigenvalue weighted by Crippen LogP contribution is -2.32. The van der Waals surface area contributed by atoms with Crippen LogP contribution in [0.5, 0.6) is 0 Å². The van der Waals surface area contributed by atoms with Crippen molar-refractivity contribution in [1.82, 2.24) is 4.67 Å². The van der Waals surface area contributed by atoms with Crippen LogP contribution in [0.1, 0.15) is 61.8 Å². The lowest BCUT2D eigenvalue weighted by molar-refractivity contribution is 0.260. The topological polar surface area (TPSA) is 36.3 Å². The summed E-state index contributed by atoms with van der Waals surface area (Å²) < 4.78 is 7.99. The molecule has 0 fully saturated rings. The molecule has 0 N–H and O–H groups in total. The highest BCUT2D eigenvalue weighted by molar-refractivity contribution is 7.49. The molecule has 0 aromatic carbocycles. The van der Waals surface area contributed by atoms with Crippen molar-refractivity contribution in [2.75, 3.05) is 13.3 Å². The highest BCUT2D eigenvalue weighted by Gasteiger charge is 2.20. The second kappa shape index (κ2) is 16.8. The Morgan fingerprint density at radius 2 is 1.44 bits per heavy atom. The van der Waals surface area contributed by atoms with Gasteiger partial charge in [0, 0.05) is 12.1 Å². The van der Waals surface area contributed by atoms with Crippen molar-refractivity contribution in [3.05, 3.63) is 0 Å². The van der Waals surface area contributed by atoms with E-state index >= 15 is 0 Å². The van der Waals surface area contributed by atoms with Gasteiger partial charge in [0.05, 0.1) is 19.1 Å². The third-order valence-corrected chi connectivity index (χ3v) is 4.01. The fourth-order valence-electron chi connectivity index (χ4n) is 1.54. The maximum atomic E-state index is 8.40. The van der Waals surface area contributed by atoms with E-state index in [0.29, 0.717) is 25.1 Å². The Hall–Kier alpha value is -0.160. The van der Waals surface area contributed by atoms with E-state index in [9.17, 15) is 0 Å². The molecule has 18 heavy (non-hydrogen) atoms. The Morgan fingerprint density at radius 1 is 1.06 bits per heavy atom. The molecule has 0 amide bonds. The second-order valence-electron chi connectivity index (χ2n) is 3.77. The second-order valence-corrected chi connectivity index (χ2v) is 5.42. The van der Waals surface area contributed by atoms with E-state index in [1.54, 1.807) is 0 Å². The Balaban J connectivity index is -0.000000506. The first kappa shape index (κ1) is 23.0. The standard InChI is InChI=1S/C10H21N2OP.2C2H6/c1-9(2)12(10(3)4)14(5)13-8-6-7-11;2*1-2/h9-10H,6,8H2,1-5H3;2*1-2H3. The minimum Gasteiger partial charge on any atom is -0.343 e. The van der Waals surface area contributed by atoms with E-state index < -0.39 is 8.30 Å². The largest absolute Gasteiger partial charge is 0.343 e. The van der Waals surface area contributed by atoms with Crippen molar-refractivity contribution in [2.24, 2.45) is 0 Å². The van der Waals surface area contributed by atoms with Crippen LogP contribution in [0.15, 0.2) is 0 Å². The zero-order chi connectivity index (χ0) is 15.1. The molecular formula is C14H33N2OP. The molecule has 0 aliphatic rings. The van der Waals surface area contributed by atoms with Crippen LogP contribution >= 0.6 is 8.30 Å². The van der Waals surface area contributed by atoms with E-state index in [4.69, 9.17) is 9.79 Å². The lowest BCUT2D eigenvalue weighted by Gasteiger charge is -2.34. The van der Waals surface area contributed by atoms with Crippen molar-refractivity contribution in [2.45, 2.75) is 73.9 Å². The molecule has 0 bridgehead atoms. The normalized spacial score (nSPS) is 11.3. The minimum absolute atomic E-state index is 0.483. The highest BCUT2D eigenvalue weighted by Crippen LogP contribution is 2.40. The van der Waals surface area contributed by atoms with Crippen LogP contribution < -0.4 is 0 Å². The summed E-state index contributed by atoms with van der Waals surface area (Å²) in [5, 5.41) is 8.40. The summed E-state index contributed by atoms with van der Waals surface area (Å²) in [6.07, 6.45) is 0.483. The van der Waals surface area contributed by atoms with Crippen LogP contribution in [-0.4, -0.2) is 30.0 Å². The van der Waals surface area contributed by atoms with Crippen molar-refractivity contribution in [3.8, 4) is 6.07 Å². The summed E-state index contributed by atoms with van der Waals surface area (Å²) in [7, 11) is -0.552. The third-order valence-electron chi connectivity index (χ3n) is 1.88. The van der Waals surface area contributed by atoms with Crippen LogP contribution in [-0.2, 0) is 4.52 Å². The molecule has 0 aromatic rings. The molecule has 1 atom stereocenters. The van der Waals surface area contributed by atoms with Gasteiger partial charge in [-0.15, -0.1) is 0 Å². The number of nitrogens with zero attached hydrogens (tertiary/aromatic N) is 2. The van der Waals surface area contributed by atoms with Gasteiger partial charge in [0.2, 0.25) is 0 Å². The predicted molar refractivity (Wildman–Crippen MR) is 83.8 cm³/mol. The first-order chi connectivity index (χ1) is 8.50. The number of hydrogen-bond donors (Lipinski definition) is 0. The summed E-state index contributed by atoms with van der Waals surface area (Å²) >= 11 is 0. The van der Waals surface area contributed by atoms with Gasteiger partial charge >= 0.3 is 0 Å². The van der Waals surface area contributed by atoms with Crippen LogP contribution in [0, 0.1) is 11.3 Å². The SMILES string of the molecule is CC.CC.CC(C)N(C(C)C)P(C)OCCC#N. The van der Waals surface area contributed by atoms with Gasteiger partial charge in [-0.2, -0.15) is 5.26 Å². The molecule has 0 saturated carbocycles. The molecule has 0 saturated heterocycles. The van der Waals surface area contributed by atoms with Gasteiger partial charge in [-0.3, -0.25) is 4.67 Å². The monoisotopic (exact) mass is 276 g/mol. The first-order valence-electron chi connectivity index (χ1n) is 7.02. The maximum absolute atomic E-state index is 8.40. The van der Waals surface area contributed by atoms with Gasteiger partial charge < -0.3 is 4.52 Å². The first-order valence-corrected chi connectivity index (χ1v) is 8.68. The van der Waals surface area contributed by atoms with Gasteiger partial charge in [-0.1, -0.05) is 27.7 Å². The van der Waals surface area contributed by atoms with Crippen molar-refractivity contribution < 1.29 is 4.52 Å². The van der Waals surface area contributed by atoms with E-state index in [1.165, 1.54) is 0 Å². The van der Waals surface area contributed by atoms with Gasteiger partial charge in [-0.05, 0) is 34.4 Å². The Labute approximate surface area is 116 Å². The quantitative estimate of drug-likeness (QED) is 0.504. The van der Waals surface area contributed by atoms with E-state index in [-0.39, 0.29) is 0 Å². The molecule has 0 aliphatic heterocycles. The van der Waals surface area contributed by atoms with Crippen molar-refractivity contribution in [1.29, 1.82) is 5.26 Å². The van der Waals surface area contributed by atoms with Gasteiger partial charge in [0.1, 0.15) is 8.30 Å². The molecule has 110 valence electrons. The van der Waals surface area contributed by atoms with E-state index in [1.807, 2.05) is 27.7 Å². The number of hydrogen-bond acceptors (Lipinski definition) is 3. The molecule has 0 aliphatic carbocycles. The van der Waals surface area contributed by atoms with Crippen LogP contribution in [0.25, 0.3) is 0 Å². The van der Waals surface area contributed by atoms with Gasteiger partial charge in [0.25, 0.3) is 0 Å². The summed E-state index contributed by atoms with van der Waals surface area (Å²) in [4.78, 5) is 0. The van der Waals surface area contributed by atoms with Crippen LogP contribution in [0.3, 0.4) is 0 Å². The summed E-state index contributed by atoms with van der Waals surface area (Å²) in [6, 6.07) is 3.07. The zero-order valence-corrected chi connectivity index (χ0v) is 14.7. The Morgan fingerprint density at radius 3 is 1.72 bits per heavy atom. The van der Waals surface area contributed by atoms with Gasteiger partial charge in [0.15, 0.2) is 0 Å². The smallest absolute Gasteiger partial charge is 0.101 e. The average Bonchev–Trinajstić information content (AvgIpc) is 2.33.